The van der Waals surface area contributed by atoms with Crippen molar-refractivity contribution in [2.45, 2.75) is 26.3 Å². The first-order valence-corrected chi connectivity index (χ1v) is 6.86. The van der Waals surface area contributed by atoms with E-state index in [0.717, 1.165) is 10.9 Å². The van der Waals surface area contributed by atoms with Crippen molar-refractivity contribution in [2.24, 2.45) is 0 Å². The van der Waals surface area contributed by atoms with Gasteiger partial charge in [-0.1, -0.05) is 0 Å². The standard InChI is InChI=1S/C16H21NO4/c1-6-21-15(18)16(2,3)17-8-7-12-13(17)9-11(19-4)10-14(12)20-5/h7-10H,6H2,1-5H3. The molecular weight excluding hydrogens is 270 g/mol. The molecule has 0 spiro atoms. The summed E-state index contributed by atoms with van der Waals surface area (Å²) in [6.07, 6.45) is 1.86. The first kappa shape index (κ1) is 15.2. The summed E-state index contributed by atoms with van der Waals surface area (Å²) in [7, 11) is 3.21. The molecule has 0 radical (unpaired) electrons. The minimum absolute atomic E-state index is 0.274. The third-order valence-corrected chi connectivity index (χ3v) is 3.58. The molecule has 0 N–H and O–H groups in total. The van der Waals surface area contributed by atoms with Gasteiger partial charge in [0, 0.05) is 23.7 Å². The topological polar surface area (TPSA) is 49.7 Å². The molecule has 0 amide bonds. The fraction of sp³-hybridized carbons (Fsp3) is 0.438. The smallest absolute Gasteiger partial charge is 0.331 e. The maximum Gasteiger partial charge on any atom is 0.331 e. The number of rotatable bonds is 5. The van der Waals surface area contributed by atoms with E-state index < -0.39 is 5.54 Å². The SMILES string of the molecule is CCOC(=O)C(C)(C)n1ccc2c(OC)cc(OC)cc21. The Bertz CT molecular complexity index is 658. The number of carbonyl (C=O) groups excluding carboxylic acids is 1. The molecule has 1 aromatic heterocycles. The van der Waals surface area contributed by atoms with E-state index in [1.165, 1.54) is 0 Å². The molecule has 5 nitrogen and oxygen atoms in total. The molecule has 0 aliphatic carbocycles. The van der Waals surface area contributed by atoms with Crippen LogP contribution in [0.5, 0.6) is 11.5 Å². The summed E-state index contributed by atoms with van der Waals surface area (Å²) in [6.45, 7) is 5.81. The van der Waals surface area contributed by atoms with Gasteiger partial charge >= 0.3 is 5.97 Å². The van der Waals surface area contributed by atoms with Gasteiger partial charge in [0.1, 0.15) is 17.0 Å². The number of hydrogen-bond donors (Lipinski definition) is 0. The molecule has 0 aliphatic heterocycles. The Morgan fingerprint density at radius 3 is 2.52 bits per heavy atom. The number of methoxy groups -OCH3 is 2. The fourth-order valence-corrected chi connectivity index (χ4v) is 2.36. The zero-order valence-electron chi connectivity index (χ0n) is 13.1. The first-order valence-electron chi connectivity index (χ1n) is 6.86. The number of carbonyl (C=O) groups is 1. The van der Waals surface area contributed by atoms with Crippen LogP contribution in [0.15, 0.2) is 24.4 Å². The van der Waals surface area contributed by atoms with Crippen LogP contribution in [0.4, 0.5) is 0 Å². The van der Waals surface area contributed by atoms with Crippen LogP contribution in [0.25, 0.3) is 10.9 Å². The van der Waals surface area contributed by atoms with Crippen molar-refractivity contribution >= 4 is 16.9 Å². The monoisotopic (exact) mass is 291 g/mol. The highest BCUT2D eigenvalue weighted by molar-refractivity contribution is 5.90. The van der Waals surface area contributed by atoms with Gasteiger partial charge in [0.05, 0.1) is 26.3 Å². The molecule has 114 valence electrons. The van der Waals surface area contributed by atoms with Crippen molar-refractivity contribution in [3.05, 3.63) is 24.4 Å². The van der Waals surface area contributed by atoms with Gasteiger partial charge in [0.25, 0.3) is 0 Å². The van der Waals surface area contributed by atoms with Crippen molar-refractivity contribution in [3.8, 4) is 11.5 Å². The van der Waals surface area contributed by atoms with Gasteiger partial charge in [0.2, 0.25) is 0 Å². The predicted molar refractivity (Wildman–Crippen MR) is 81.0 cm³/mol. The Labute approximate surface area is 124 Å². The highest BCUT2D eigenvalue weighted by Crippen LogP contribution is 2.34. The summed E-state index contributed by atoms with van der Waals surface area (Å²) < 4.78 is 17.7. The van der Waals surface area contributed by atoms with Crippen LogP contribution in [0.2, 0.25) is 0 Å². The number of nitrogens with zero attached hydrogens (tertiary/aromatic N) is 1. The molecule has 0 bridgehead atoms. The second kappa shape index (κ2) is 5.68. The lowest BCUT2D eigenvalue weighted by atomic mass is 10.1. The number of aromatic nitrogens is 1. The Morgan fingerprint density at radius 1 is 1.24 bits per heavy atom. The lowest BCUT2D eigenvalue weighted by Crippen LogP contribution is -2.36. The van der Waals surface area contributed by atoms with Crippen molar-refractivity contribution in [2.75, 3.05) is 20.8 Å². The zero-order chi connectivity index (χ0) is 15.6. The quantitative estimate of drug-likeness (QED) is 0.795. The Balaban J connectivity index is 2.62. The summed E-state index contributed by atoms with van der Waals surface area (Å²) >= 11 is 0. The van der Waals surface area contributed by atoms with Crippen LogP contribution in [-0.2, 0) is 15.1 Å². The summed E-state index contributed by atoms with van der Waals surface area (Å²) in [5.41, 5.74) is 0.0547. The van der Waals surface area contributed by atoms with Gasteiger partial charge in [-0.05, 0) is 26.8 Å². The summed E-state index contributed by atoms with van der Waals surface area (Å²) in [5.74, 6) is 1.12. The molecule has 0 aliphatic rings. The molecule has 0 fully saturated rings. The van der Waals surface area contributed by atoms with Gasteiger partial charge in [0.15, 0.2) is 0 Å². The minimum atomic E-state index is -0.810. The van der Waals surface area contributed by atoms with E-state index in [0.29, 0.717) is 18.1 Å². The van der Waals surface area contributed by atoms with E-state index in [1.807, 2.05) is 42.8 Å². The van der Waals surface area contributed by atoms with Crippen molar-refractivity contribution in [1.29, 1.82) is 0 Å². The van der Waals surface area contributed by atoms with E-state index in [4.69, 9.17) is 14.2 Å². The van der Waals surface area contributed by atoms with Gasteiger partial charge in [-0.2, -0.15) is 0 Å². The molecule has 21 heavy (non-hydrogen) atoms. The minimum Gasteiger partial charge on any atom is -0.497 e. The van der Waals surface area contributed by atoms with Crippen molar-refractivity contribution in [3.63, 3.8) is 0 Å². The molecule has 1 aromatic carbocycles. The second-order valence-corrected chi connectivity index (χ2v) is 5.23. The van der Waals surface area contributed by atoms with E-state index in [9.17, 15) is 4.79 Å². The Kier molecular flexibility index (Phi) is 4.11. The van der Waals surface area contributed by atoms with Gasteiger partial charge in [-0.15, -0.1) is 0 Å². The molecule has 0 atom stereocenters. The van der Waals surface area contributed by atoms with Gasteiger partial charge < -0.3 is 18.8 Å². The highest BCUT2D eigenvalue weighted by atomic mass is 16.5. The summed E-state index contributed by atoms with van der Waals surface area (Å²) in [5, 5.41) is 0.927. The molecule has 0 saturated carbocycles. The van der Waals surface area contributed by atoms with Crippen molar-refractivity contribution < 1.29 is 19.0 Å². The van der Waals surface area contributed by atoms with Crippen molar-refractivity contribution in [1.82, 2.24) is 4.57 Å². The fourth-order valence-electron chi connectivity index (χ4n) is 2.36. The third kappa shape index (κ3) is 2.55. The van der Waals surface area contributed by atoms with Crippen LogP contribution >= 0.6 is 0 Å². The number of ether oxygens (including phenoxy) is 3. The van der Waals surface area contributed by atoms with E-state index in [2.05, 4.69) is 0 Å². The van der Waals surface area contributed by atoms with Crippen LogP contribution < -0.4 is 9.47 Å². The molecule has 0 unspecified atom stereocenters. The number of fused-ring (bicyclic) bond motifs is 1. The average molecular weight is 291 g/mol. The van der Waals surface area contributed by atoms with Crippen LogP contribution in [0.1, 0.15) is 20.8 Å². The van der Waals surface area contributed by atoms with Crippen LogP contribution in [0, 0.1) is 0 Å². The lowest BCUT2D eigenvalue weighted by molar-refractivity contribution is -0.151. The van der Waals surface area contributed by atoms with E-state index >= 15 is 0 Å². The van der Waals surface area contributed by atoms with E-state index in [-0.39, 0.29) is 5.97 Å². The van der Waals surface area contributed by atoms with Gasteiger partial charge in [-0.3, -0.25) is 0 Å². The first-order chi connectivity index (χ1) is 9.95. The molecule has 0 saturated heterocycles. The van der Waals surface area contributed by atoms with E-state index in [1.54, 1.807) is 21.1 Å². The highest BCUT2D eigenvalue weighted by Gasteiger charge is 2.32. The second-order valence-electron chi connectivity index (χ2n) is 5.23. The Morgan fingerprint density at radius 2 is 1.95 bits per heavy atom. The predicted octanol–water partition coefficient (Wildman–Crippen LogP) is 2.96. The number of esters is 1. The lowest BCUT2D eigenvalue weighted by Gasteiger charge is -2.25. The largest absolute Gasteiger partial charge is 0.497 e. The normalized spacial score (nSPS) is 11.5. The number of hydrogen-bond acceptors (Lipinski definition) is 4. The molecule has 1 heterocycles. The van der Waals surface area contributed by atoms with Crippen LogP contribution in [0.3, 0.4) is 0 Å². The summed E-state index contributed by atoms with van der Waals surface area (Å²) in [4.78, 5) is 12.2. The average Bonchev–Trinajstić information content (AvgIpc) is 2.90. The Hall–Kier alpha value is -2.17. The summed E-state index contributed by atoms with van der Waals surface area (Å²) in [6, 6.07) is 5.64. The van der Waals surface area contributed by atoms with Crippen LogP contribution in [-0.4, -0.2) is 31.4 Å². The maximum atomic E-state index is 12.2. The van der Waals surface area contributed by atoms with Gasteiger partial charge in [-0.25, -0.2) is 4.79 Å². The molecule has 2 rings (SSSR count). The molecule has 2 aromatic rings. The zero-order valence-corrected chi connectivity index (χ0v) is 13.1. The number of benzene rings is 1. The third-order valence-electron chi connectivity index (χ3n) is 3.58. The molecule has 5 heteroatoms. The maximum absolute atomic E-state index is 12.2. The molecular formula is C16H21NO4.